The third-order valence-electron chi connectivity index (χ3n) is 4.88. The molecule has 2 aliphatic rings. The van der Waals surface area contributed by atoms with Crippen LogP contribution in [0.15, 0.2) is 4.52 Å². The summed E-state index contributed by atoms with van der Waals surface area (Å²) in [4.78, 5) is 4.61. The maximum atomic E-state index is 6.03. The molecule has 0 spiro atoms. The van der Waals surface area contributed by atoms with E-state index < -0.39 is 0 Å². The van der Waals surface area contributed by atoms with Crippen LogP contribution in [0, 0.1) is 5.41 Å². The molecule has 3 rings (SSSR count). The van der Waals surface area contributed by atoms with Crippen LogP contribution in [0.25, 0.3) is 0 Å². The molecule has 0 bridgehead atoms. The molecular formula is C15H25N3O2. The van der Waals surface area contributed by atoms with Crippen molar-refractivity contribution in [1.29, 1.82) is 0 Å². The molecule has 20 heavy (non-hydrogen) atoms. The van der Waals surface area contributed by atoms with Crippen molar-refractivity contribution < 1.29 is 9.26 Å². The minimum atomic E-state index is 0.186. The van der Waals surface area contributed by atoms with Crippen molar-refractivity contribution in [1.82, 2.24) is 10.1 Å². The second-order valence-corrected chi connectivity index (χ2v) is 6.40. The number of nitrogens with two attached hydrogens (primary N) is 1. The molecule has 2 heterocycles. The third kappa shape index (κ3) is 3.04. The number of aromatic nitrogens is 2. The molecule has 1 unspecified atom stereocenters. The van der Waals surface area contributed by atoms with Gasteiger partial charge in [0, 0.05) is 18.9 Å². The predicted octanol–water partition coefficient (Wildman–Crippen LogP) is 2.42. The van der Waals surface area contributed by atoms with Gasteiger partial charge in [-0.15, -0.1) is 0 Å². The fourth-order valence-electron chi connectivity index (χ4n) is 3.53. The van der Waals surface area contributed by atoms with Gasteiger partial charge in [-0.3, -0.25) is 0 Å². The van der Waals surface area contributed by atoms with Gasteiger partial charge in [-0.2, -0.15) is 4.98 Å². The molecule has 0 aromatic carbocycles. The molecule has 2 fully saturated rings. The molecule has 1 aliphatic heterocycles. The zero-order valence-electron chi connectivity index (χ0n) is 12.1. The van der Waals surface area contributed by atoms with Crippen LogP contribution in [0.4, 0.5) is 0 Å². The van der Waals surface area contributed by atoms with Crippen LogP contribution in [0.2, 0.25) is 0 Å². The maximum absolute atomic E-state index is 6.03. The number of ether oxygens (including phenoxy) is 1. The zero-order valence-corrected chi connectivity index (χ0v) is 12.1. The molecule has 1 aromatic rings. The van der Waals surface area contributed by atoms with E-state index in [0.29, 0.717) is 5.92 Å². The lowest BCUT2D eigenvalue weighted by atomic mass is 9.72. The Morgan fingerprint density at radius 2 is 2.05 bits per heavy atom. The lowest BCUT2D eigenvalue weighted by Gasteiger charge is -2.34. The van der Waals surface area contributed by atoms with Crippen LogP contribution in [-0.4, -0.2) is 29.9 Å². The SMILES string of the molecule is NCC1(Cc2nc(C3CCCOC3)no2)CCCCC1. The Bertz CT molecular complexity index is 421. The van der Waals surface area contributed by atoms with Crippen LogP contribution >= 0.6 is 0 Å². The van der Waals surface area contributed by atoms with Crippen molar-refractivity contribution in [2.75, 3.05) is 19.8 Å². The van der Waals surface area contributed by atoms with E-state index in [2.05, 4.69) is 10.1 Å². The highest BCUT2D eigenvalue weighted by atomic mass is 16.5. The van der Waals surface area contributed by atoms with E-state index in [9.17, 15) is 0 Å². The van der Waals surface area contributed by atoms with Gasteiger partial charge in [-0.1, -0.05) is 24.4 Å². The summed E-state index contributed by atoms with van der Waals surface area (Å²) in [6, 6.07) is 0. The van der Waals surface area contributed by atoms with Gasteiger partial charge in [0.1, 0.15) is 0 Å². The van der Waals surface area contributed by atoms with E-state index in [-0.39, 0.29) is 5.41 Å². The van der Waals surface area contributed by atoms with Crippen molar-refractivity contribution in [2.24, 2.45) is 11.1 Å². The van der Waals surface area contributed by atoms with Gasteiger partial charge in [0.2, 0.25) is 5.89 Å². The first-order valence-electron chi connectivity index (χ1n) is 7.92. The smallest absolute Gasteiger partial charge is 0.227 e. The maximum Gasteiger partial charge on any atom is 0.227 e. The summed E-state index contributed by atoms with van der Waals surface area (Å²) in [5.74, 6) is 1.89. The summed E-state index contributed by atoms with van der Waals surface area (Å²) in [5, 5.41) is 4.16. The van der Waals surface area contributed by atoms with Crippen molar-refractivity contribution in [3.63, 3.8) is 0 Å². The molecule has 1 aliphatic carbocycles. The minimum absolute atomic E-state index is 0.186. The van der Waals surface area contributed by atoms with Crippen LogP contribution in [-0.2, 0) is 11.2 Å². The van der Waals surface area contributed by atoms with Crippen LogP contribution < -0.4 is 5.73 Å². The second-order valence-electron chi connectivity index (χ2n) is 6.40. The average molecular weight is 279 g/mol. The predicted molar refractivity (Wildman–Crippen MR) is 75.4 cm³/mol. The van der Waals surface area contributed by atoms with Gasteiger partial charge in [-0.05, 0) is 37.6 Å². The quantitative estimate of drug-likeness (QED) is 0.916. The molecule has 1 aromatic heterocycles. The van der Waals surface area contributed by atoms with Crippen LogP contribution in [0.5, 0.6) is 0 Å². The van der Waals surface area contributed by atoms with Gasteiger partial charge >= 0.3 is 0 Å². The van der Waals surface area contributed by atoms with Gasteiger partial charge < -0.3 is 15.0 Å². The van der Waals surface area contributed by atoms with Gasteiger partial charge in [0.05, 0.1) is 6.61 Å². The lowest BCUT2D eigenvalue weighted by Crippen LogP contribution is -2.35. The van der Waals surface area contributed by atoms with Crippen LogP contribution in [0.1, 0.15) is 62.6 Å². The Labute approximate surface area is 120 Å². The van der Waals surface area contributed by atoms with E-state index in [1.165, 1.54) is 32.1 Å². The van der Waals surface area contributed by atoms with Crippen molar-refractivity contribution >= 4 is 0 Å². The monoisotopic (exact) mass is 279 g/mol. The molecule has 112 valence electrons. The molecule has 5 heteroatoms. The number of nitrogens with zero attached hydrogens (tertiary/aromatic N) is 2. The van der Waals surface area contributed by atoms with Crippen molar-refractivity contribution in [2.45, 2.75) is 57.3 Å². The van der Waals surface area contributed by atoms with E-state index in [1.807, 2.05) is 0 Å². The van der Waals surface area contributed by atoms with Crippen molar-refractivity contribution in [3.05, 3.63) is 11.7 Å². The molecule has 1 saturated carbocycles. The normalized spacial score (nSPS) is 26.6. The van der Waals surface area contributed by atoms with Gasteiger partial charge in [-0.25, -0.2) is 0 Å². The van der Waals surface area contributed by atoms with Gasteiger partial charge in [0.25, 0.3) is 0 Å². The third-order valence-corrected chi connectivity index (χ3v) is 4.88. The highest BCUT2D eigenvalue weighted by Crippen LogP contribution is 2.38. The fourth-order valence-corrected chi connectivity index (χ4v) is 3.53. The van der Waals surface area contributed by atoms with E-state index in [0.717, 1.165) is 50.7 Å². The first kappa shape index (κ1) is 14.0. The molecule has 1 atom stereocenters. The number of rotatable bonds is 4. The molecule has 1 saturated heterocycles. The topological polar surface area (TPSA) is 74.2 Å². The number of hydrogen-bond acceptors (Lipinski definition) is 5. The summed E-state index contributed by atoms with van der Waals surface area (Å²) < 4.78 is 11.0. The molecular weight excluding hydrogens is 254 g/mol. The summed E-state index contributed by atoms with van der Waals surface area (Å²) in [7, 11) is 0. The largest absolute Gasteiger partial charge is 0.381 e. The molecule has 0 radical (unpaired) electrons. The van der Waals surface area contributed by atoms with Crippen molar-refractivity contribution in [3.8, 4) is 0 Å². The van der Waals surface area contributed by atoms with E-state index >= 15 is 0 Å². The summed E-state index contributed by atoms with van der Waals surface area (Å²) in [6.07, 6.45) is 9.27. The standard InChI is InChI=1S/C15H25N3O2/c16-11-15(6-2-1-3-7-15)9-13-17-14(18-20-13)12-5-4-8-19-10-12/h12H,1-11,16H2. The summed E-state index contributed by atoms with van der Waals surface area (Å²) in [5.41, 5.74) is 6.21. The Kier molecular flexibility index (Phi) is 4.36. The Balaban J connectivity index is 1.66. The summed E-state index contributed by atoms with van der Waals surface area (Å²) >= 11 is 0. The molecule has 5 nitrogen and oxygen atoms in total. The van der Waals surface area contributed by atoms with Crippen LogP contribution in [0.3, 0.4) is 0 Å². The Hall–Kier alpha value is -0.940. The Morgan fingerprint density at radius 1 is 1.20 bits per heavy atom. The second kappa shape index (κ2) is 6.22. The zero-order chi connectivity index (χ0) is 13.8. The first-order valence-corrected chi connectivity index (χ1v) is 7.92. The van der Waals surface area contributed by atoms with E-state index in [4.69, 9.17) is 15.0 Å². The lowest BCUT2D eigenvalue weighted by molar-refractivity contribution is 0.0773. The number of hydrogen-bond donors (Lipinski definition) is 1. The van der Waals surface area contributed by atoms with E-state index in [1.54, 1.807) is 0 Å². The van der Waals surface area contributed by atoms with Gasteiger partial charge in [0.15, 0.2) is 5.82 Å². The Morgan fingerprint density at radius 3 is 2.75 bits per heavy atom. The summed E-state index contributed by atoms with van der Waals surface area (Å²) in [6.45, 7) is 2.30. The minimum Gasteiger partial charge on any atom is -0.381 e. The molecule has 0 amide bonds. The highest BCUT2D eigenvalue weighted by molar-refractivity contribution is 5.00. The molecule has 2 N–H and O–H groups in total. The highest BCUT2D eigenvalue weighted by Gasteiger charge is 2.33. The first-order chi connectivity index (χ1) is 9.81. The fraction of sp³-hybridized carbons (Fsp3) is 0.867. The average Bonchev–Trinajstić information content (AvgIpc) is 2.97.